The first kappa shape index (κ1) is 31.9. The van der Waals surface area contributed by atoms with Crippen LogP contribution in [0.5, 0.6) is 11.5 Å². The van der Waals surface area contributed by atoms with E-state index < -0.39 is 10.1 Å². The molecule has 2 aromatic rings. The second-order valence-electron chi connectivity index (χ2n) is 8.65. The molecule has 0 saturated heterocycles. The smallest absolute Gasteiger partial charge is 0.264 e. The summed E-state index contributed by atoms with van der Waals surface area (Å²) in [7, 11) is -3.74. The summed E-state index contributed by atoms with van der Waals surface area (Å²) in [5, 5.41) is 17.6. The summed E-state index contributed by atoms with van der Waals surface area (Å²) in [5.74, 6) is 0.611. The van der Waals surface area contributed by atoms with Crippen LogP contribution in [0.3, 0.4) is 0 Å². The van der Waals surface area contributed by atoms with Gasteiger partial charge in [0, 0.05) is 0 Å². The maximum Gasteiger partial charge on any atom is 0.264 e. The van der Waals surface area contributed by atoms with Gasteiger partial charge in [0.2, 0.25) is 0 Å². The Balaban J connectivity index is 0.000000583. The van der Waals surface area contributed by atoms with Crippen molar-refractivity contribution in [3.05, 3.63) is 60.2 Å². The average molecular weight is 495 g/mol. The van der Waals surface area contributed by atoms with Crippen LogP contribution in [0.15, 0.2) is 54.6 Å². The lowest BCUT2D eigenvalue weighted by molar-refractivity contribution is 0.471. The molecule has 0 radical (unpaired) electrons. The minimum absolute atomic E-state index is 0.0786. The van der Waals surface area contributed by atoms with Gasteiger partial charge in [-0.2, -0.15) is 8.42 Å². The summed E-state index contributed by atoms with van der Waals surface area (Å²) in [5.41, 5.74) is 0.924. The minimum Gasteiger partial charge on any atom is -0.508 e. The maximum atomic E-state index is 10.5. The van der Waals surface area contributed by atoms with Crippen molar-refractivity contribution in [2.45, 2.75) is 97.3 Å². The third kappa shape index (κ3) is 23.1. The standard InChI is InChI=1S/C15H32O3S.C7H8O.C6H6O/c1-2-3-4-5-6-7-8-9-10-11-12-13-14-15-19(16,17)18;1-6-4-2-3-5-7(6)8;7-6-4-2-1-3-5-6/h2-15H2,1H3,(H,16,17,18);2-5,8H,1H3;1-5,7H. The van der Waals surface area contributed by atoms with Crippen LogP contribution in [0, 0.1) is 6.92 Å². The zero-order valence-corrected chi connectivity index (χ0v) is 22.0. The van der Waals surface area contributed by atoms with Gasteiger partial charge in [-0.25, -0.2) is 0 Å². The molecular weight excluding hydrogens is 448 g/mol. The van der Waals surface area contributed by atoms with Crippen LogP contribution in [-0.2, 0) is 10.1 Å². The second kappa shape index (κ2) is 21.5. The summed E-state index contributed by atoms with van der Waals surface area (Å²) >= 11 is 0. The van der Waals surface area contributed by atoms with Gasteiger partial charge in [0.1, 0.15) is 11.5 Å². The van der Waals surface area contributed by atoms with E-state index in [4.69, 9.17) is 14.8 Å². The van der Waals surface area contributed by atoms with Crippen LogP contribution in [0.2, 0.25) is 0 Å². The Bertz CT molecular complexity index is 786. The van der Waals surface area contributed by atoms with E-state index in [9.17, 15) is 8.42 Å². The van der Waals surface area contributed by atoms with Crippen LogP contribution in [-0.4, -0.2) is 28.9 Å². The molecule has 0 spiro atoms. The van der Waals surface area contributed by atoms with E-state index in [-0.39, 0.29) is 5.75 Å². The average Bonchev–Trinajstić information content (AvgIpc) is 2.80. The number of benzene rings is 2. The number of hydrogen-bond donors (Lipinski definition) is 3. The highest BCUT2D eigenvalue weighted by atomic mass is 32.2. The van der Waals surface area contributed by atoms with Crippen LogP contribution in [0.4, 0.5) is 0 Å². The summed E-state index contributed by atoms with van der Waals surface area (Å²) in [6.45, 7) is 4.12. The Morgan fingerprint density at radius 3 is 1.35 bits per heavy atom. The van der Waals surface area contributed by atoms with Gasteiger partial charge >= 0.3 is 0 Å². The number of aromatic hydroxyl groups is 2. The molecule has 0 unspecified atom stereocenters. The molecule has 5 nitrogen and oxygen atoms in total. The summed E-state index contributed by atoms with van der Waals surface area (Å²) < 4.78 is 29.5. The van der Waals surface area contributed by atoms with E-state index in [0.717, 1.165) is 18.4 Å². The molecule has 0 amide bonds. The molecule has 2 aromatic carbocycles. The number of phenolic OH excluding ortho intramolecular Hbond substituents is 2. The first-order valence-corrected chi connectivity index (χ1v) is 14.3. The zero-order chi connectivity index (χ0) is 25.5. The third-order valence-corrected chi connectivity index (χ3v) is 6.18. The number of hydrogen-bond acceptors (Lipinski definition) is 4. The number of phenols is 2. The fourth-order valence-electron chi connectivity index (χ4n) is 3.29. The Morgan fingerprint density at radius 1 is 0.618 bits per heavy atom. The third-order valence-electron chi connectivity index (χ3n) is 5.38. The van der Waals surface area contributed by atoms with Gasteiger partial charge in [0.25, 0.3) is 10.1 Å². The molecule has 0 aromatic heterocycles. The first-order chi connectivity index (χ1) is 16.3. The molecule has 0 aliphatic carbocycles. The highest BCUT2D eigenvalue weighted by Crippen LogP contribution is 2.13. The molecule has 194 valence electrons. The normalized spacial score (nSPS) is 10.6. The number of aryl methyl sites for hydroxylation is 1. The molecule has 6 heteroatoms. The molecule has 0 heterocycles. The summed E-state index contributed by atoms with van der Waals surface area (Å²) in [4.78, 5) is 0. The van der Waals surface area contributed by atoms with Crippen molar-refractivity contribution in [3.8, 4) is 11.5 Å². The van der Waals surface area contributed by atoms with Crippen molar-refractivity contribution in [2.24, 2.45) is 0 Å². The fourth-order valence-corrected chi connectivity index (χ4v) is 3.86. The van der Waals surface area contributed by atoms with Crippen LogP contribution in [0.1, 0.15) is 96.0 Å². The van der Waals surface area contributed by atoms with E-state index in [0.29, 0.717) is 17.9 Å². The van der Waals surface area contributed by atoms with Gasteiger partial charge in [-0.3, -0.25) is 4.55 Å². The molecular formula is C28H46O5S. The SMILES string of the molecule is CCCCCCCCCCCCCCCS(=O)(=O)O.Cc1ccccc1O.Oc1ccccc1. The monoisotopic (exact) mass is 494 g/mol. The van der Waals surface area contributed by atoms with Gasteiger partial charge in [-0.15, -0.1) is 0 Å². The minimum atomic E-state index is -3.74. The van der Waals surface area contributed by atoms with Gasteiger partial charge < -0.3 is 10.2 Å². The van der Waals surface area contributed by atoms with Crippen molar-refractivity contribution in [2.75, 3.05) is 5.75 Å². The van der Waals surface area contributed by atoms with Crippen LogP contribution >= 0.6 is 0 Å². The Kier molecular flexibility index (Phi) is 20.2. The first-order valence-electron chi connectivity index (χ1n) is 12.7. The van der Waals surface area contributed by atoms with Crippen molar-refractivity contribution in [1.29, 1.82) is 0 Å². The lowest BCUT2D eigenvalue weighted by Crippen LogP contribution is -2.03. The van der Waals surface area contributed by atoms with Crippen molar-refractivity contribution >= 4 is 10.1 Å². The van der Waals surface area contributed by atoms with Gasteiger partial charge in [-0.1, -0.05) is 120 Å². The van der Waals surface area contributed by atoms with Crippen LogP contribution in [0.25, 0.3) is 0 Å². The predicted molar refractivity (Wildman–Crippen MR) is 143 cm³/mol. The number of unbranched alkanes of at least 4 members (excludes halogenated alkanes) is 12. The number of rotatable bonds is 14. The Hall–Kier alpha value is -2.05. The highest BCUT2D eigenvalue weighted by molar-refractivity contribution is 7.85. The van der Waals surface area contributed by atoms with Crippen molar-refractivity contribution in [1.82, 2.24) is 0 Å². The molecule has 2 rings (SSSR count). The Morgan fingerprint density at radius 2 is 1.03 bits per heavy atom. The van der Waals surface area contributed by atoms with E-state index in [1.807, 2.05) is 31.2 Å². The van der Waals surface area contributed by atoms with Crippen LogP contribution < -0.4 is 0 Å². The van der Waals surface area contributed by atoms with Gasteiger partial charge in [0.05, 0.1) is 5.75 Å². The quantitative estimate of drug-likeness (QED) is 0.182. The van der Waals surface area contributed by atoms with E-state index in [1.54, 1.807) is 30.3 Å². The van der Waals surface area contributed by atoms with E-state index >= 15 is 0 Å². The summed E-state index contributed by atoms with van der Waals surface area (Å²) in [6.07, 6.45) is 15.9. The lowest BCUT2D eigenvalue weighted by Gasteiger charge is -2.02. The topological polar surface area (TPSA) is 94.8 Å². The highest BCUT2D eigenvalue weighted by Gasteiger charge is 2.02. The molecule has 0 aliphatic rings. The molecule has 0 atom stereocenters. The molecule has 0 saturated carbocycles. The zero-order valence-electron chi connectivity index (χ0n) is 21.2. The van der Waals surface area contributed by atoms with E-state index in [2.05, 4.69) is 6.92 Å². The van der Waals surface area contributed by atoms with Gasteiger partial charge in [-0.05, 0) is 37.1 Å². The van der Waals surface area contributed by atoms with Crippen molar-refractivity contribution in [3.63, 3.8) is 0 Å². The Labute approximate surface area is 208 Å². The molecule has 0 bridgehead atoms. The number of para-hydroxylation sites is 2. The fraction of sp³-hybridized carbons (Fsp3) is 0.571. The summed E-state index contributed by atoms with van der Waals surface area (Å²) in [6, 6.07) is 16.0. The van der Waals surface area contributed by atoms with E-state index in [1.165, 1.54) is 64.2 Å². The van der Waals surface area contributed by atoms with Gasteiger partial charge in [0.15, 0.2) is 0 Å². The largest absolute Gasteiger partial charge is 0.508 e. The molecule has 0 fully saturated rings. The second-order valence-corrected chi connectivity index (χ2v) is 10.2. The molecule has 3 N–H and O–H groups in total. The molecule has 34 heavy (non-hydrogen) atoms. The lowest BCUT2D eigenvalue weighted by atomic mass is 10.1. The predicted octanol–water partition coefficient (Wildman–Crippen LogP) is 8.06. The molecule has 0 aliphatic heterocycles. The van der Waals surface area contributed by atoms with Crippen molar-refractivity contribution < 1.29 is 23.2 Å². The maximum absolute atomic E-state index is 10.5.